The molecule has 1 aromatic rings. The molecule has 0 aromatic carbocycles. The number of nitrogens with zero attached hydrogens (tertiary/aromatic N) is 2. The normalized spacial score (nSPS) is 19.5. The fourth-order valence-electron chi connectivity index (χ4n) is 2.15. The molecule has 0 radical (unpaired) electrons. The van der Waals surface area contributed by atoms with Crippen LogP contribution in [0.4, 0.5) is 13.2 Å². The molecule has 1 aliphatic rings. The molecule has 2 rings (SSSR count). The summed E-state index contributed by atoms with van der Waals surface area (Å²) in [6.07, 6.45) is -1.01. The smallest absolute Gasteiger partial charge is 0.377 e. The summed E-state index contributed by atoms with van der Waals surface area (Å²) < 4.78 is 44.5. The summed E-state index contributed by atoms with van der Waals surface area (Å²) in [4.78, 5) is 0. The number of hydrogen-bond donors (Lipinski definition) is 1. The fourth-order valence-corrected chi connectivity index (χ4v) is 2.15. The average molecular weight is 300 g/mol. The van der Waals surface area contributed by atoms with Crippen molar-refractivity contribution in [2.24, 2.45) is 7.05 Å². The van der Waals surface area contributed by atoms with Crippen LogP contribution in [0.15, 0.2) is 6.20 Å². The third-order valence-electron chi connectivity index (χ3n) is 2.99. The Labute approximate surface area is 115 Å². The highest BCUT2D eigenvalue weighted by molar-refractivity contribution is 5.85. The lowest BCUT2D eigenvalue weighted by atomic mass is 10.2. The van der Waals surface area contributed by atoms with Crippen LogP contribution in [0.3, 0.4) is 0 Å². The number of alkyl halides is 3. The Bertz CT molecular complexity index is 402. The van der Waals surface area contributed by atoms with Gasteiger partial charge in [0.2, 0.25) is 0 Å². The molecule has 0 aliphatic carbocycles. The molecule has 8 heteroatoms. The van der Waals surface area contributed by atoms with E-state index in [0.29, 0.717) is 6.54 Å². The van der Waals surface area contributed by atoms with Gasteiger partial charge in [-0.05, 0) is 12.8 Å². The van der Waals surface area contributed by atoms with Gasteiger partial charge in [-0.15, -0.1) is 12.4 Å². The van der Waals surface area contributed by atoms with Gasteiger partial charge in [-0.25, -0.2) is 0 Å². The molecular weight excluding hydrogens is 283 g/mol. The monoisotopic (exact) mass is 299 g/mol. The van der Waals surface area contributed by atoms with E-state index in [9.17, 15) is 13.2 Å². The van der Waals surface area contributed by atoms with Crippen LogP contribution < -0.4 is 5.32 Å². The Morgan fingerprint density at radius 3 is 2.84 bits per heavy atom. The number of aryl methyl sites for hydroxylation is 1. The molecule has 19 heavy (non-hydrogen) atoms. The summed E-state index contributed by atoms with van der Waals surface area (Å²) in [6, 6.07) is 0. The van der Waals surface area contributed by atoms with Gasteiger partial charge in [-0.2, -0.15) is 18.3 Å². The van der Waals surface area contributed by atoms with E-state index in [-0.39, 0.29) is 30.6 Å². The standard InChI is InChI=1S/C11H16F3N3O.ClH/c1-17-10(11(12,13)14)8(6-16-17)5-15-7-9-3-2-4-18-9;/h6,9,15H,2-5,7H2,1H3;1H. The number of rotatable bonds is 4. The molecule has 0 saturated carbocycles. The Morgan fingerprint density at radius 2 is 2.26 bits per heavy atom. The Morgan fingerprint density at radius 1 is 1.53 bits per heavy atom. The maximum absolute atomic E-state index is 12.8. The molecule has 1 unspecified atom stereocenters. The zero-order valence-corrected chi connectivity index (χ0v) is 11.4. The molecule has 1 saturated heterocycles. The Kier molecular flexibility index (Phi) is 5.64. The van der Waals surface area contributed by atoms with Gasteiger partial charge in [0.05, 0.1) is 12.3 Å². The molecule has 0 amide bonds. The van der Waals surface area contributed by atoms with Crippen LogP contribution in [0.2, 0.25) is 0 Å². The topological polar surface area (TPSA) is 39.1 Å². The van der Waals surface area contributed by atoms with E-state index in [1.807, 2.05) is 0 Å². The van der Waals surface area contributed by atoms with Crippen LogP contribution in [0.25, 0.3) is 0 Å². The van der Waals surface area contributed by atoms with E-state index in [2.05, 4.69) is 10.4 Å². The second-order valence-corrected chi connectivity index (χ2v) is 4.41. The molecule has 110 valence electrons. The minimum absolute atomic E-state index is 0. The third-order valence-corrected chi connectivity index (χ3v) is 2.99. The van der Waals surface area contributed by atoms with E-state index in [0.717, 1.165) is 24.1 Å². The van der Waals surface area contributed by atoms with Crippen molar-refractivity contribution in [3.63, 3.8) is 0 Å². The summed E-state index contributed by atoms with van der Waals surface area (Å²) in [5.41, 5.74) is -0.523. The fraction of sp³-hybridized carbons (Fsp3) is 0.727. The number of halogens is 4. The number of nitrogens with one attached hydrogen (secondary N) is 1. The molecule has 1 N–H and O–H groups in total. The molecule has 1 atom stereocenters. The lowest BCUT2D eigenvalue weighted by Gasteiger charge is -2.12. The van der Waals surface area contributed by atoms with E-state index < -0.39 is 11.9 Å². The van der Waals surface area contributed by atoms with Crippen LogP contribution in [0.5, 0.6) is 0 Å². The highest BCUT2D eigenvalue weighted by Gasteiger charge is 2.37. The van der Waals surface area contributed by atoms with Crippen molar-refractivity contribution in [1.82, 2.24) is 15.1 Å². The van der Waals surface area contributed by atoms with Crippen molar-refractivity contribution in [2.45, 2.75) is 31.7 Å². The molecule has 1 aromatic heterocycles. The predicted octanol–water partition coefficient (Wildman–Crippen LogP) is 2.13. The largest absolute Gasteiger partial charge is 0.433 e. The second-order valence-electron chi connectivity index (χ2n) is 4.41. The van der Waals surface area contributed by atoms with Crippen molar-refractivity contribution in [3.05, 3.63) is 17.5 Å². The number of aromatic nitrogens is 2. The molecule has 4 nitrogen and oxygen atoms in total. The average Bonchev–Trinajstić information content (AvgIpc) is 2.87. The summed E-state index contributed by atoms with van der Waals surface area (Å²) in [7, 11) is 1.30. The lowest BCUT2D eigenvalue weighted by molar-refractivity contribution is -0.144. The molecule has 2 heterocycles. The highest BCUT2D eigenvalue weighted by atomic mass is 35.5. The van der Waals surface area contributed by atoms with Crippen molar-refractivity contribution >= 4 is 12.4 Å². The first-order chi connectivity index (χ1) is 8.48. The van der Waals surface area contributed by atoms with E-state index in [4.69, 9.17) is 4.74 Å². The van der Waals surface area contributed by atoms with Crippen LogP contribution >= 0.6 is 12.4 Å². The Balaban J connectivity index is 0.00000180. The molecule has 0 bridgehead atoms. The van der Waals surface area contributed by atoms with Crippen molar-refractivity contribution in [2.75, 3.05) is 13.2 Å². The first-order valence-electron chi connectivity index (χ1n) is 5.89. The first-order valence-corrected chi connectivity index (χ1v) is 5.89. The van der Waals surface area contributed by atoms with Crippen LogP contribution in [0, 0.1) is 0 Å². The van der Waals surface area contributed by atoms with E-state index in [1.54, 1.807) is 0 Å². The minimum atomic E-state index is -4.37. The molecule has 0 spiro atoms. The maximum atomic E-state index is 12.8. The van der Waals surface area contributed by atoms with Crippen molar-refractivity contribution in [3.8, 4) is 0 Å². The summed E-state index contributed by atoms with van der Waals surface area (Å²) >= 11 is 0. The van der Waals surface area contributed by atoms with Gasteiger partial charge in [-0.1, -0.05) is 0 Å². The molecule has 1 fully saturated rings. The van der Waals surface area contributed by atoms with Crippen molar-refractivity contribution < 1.29 is 17.9 Å². The van der Waals surface area contributed by atoms with Gasteiger partial charge in [0.25, 0.3) is 0 Å². The highest BCUT2D eigenvalue weighted by Crippen LogP contribution is 2.31. The van der Waals surface area contributed by atoms with Crippen LogP contribution in [0.1, 0.15) is 24.1 Å². The molecular formula is C11H17ClF3N3O. The predicted molar refractivity (Wildman–Crippen MR) is 66.1 cm³/mol. The number of hydrogen-bond acceptors (Lipinski definition) is 3. The third kappa shape index (κ3) is 4.09. The first kappa shape index (κ1) is 16.3. The summed E-state index contributed by atoms with van der Waals surface area (Å²) in [5, 5.41) is 6.65. The minimum Gasteiger partial charge on any atom is -0.377 e. The van der Waals surface area contributed by atoms with Gasteiger partial charge < -0.3 is 10.1 Å². The van der Waals surface area contributed by atoms with Gasteiger partial charge >= 0.3 is 6.18 Å². The zero-order valence-electron chi connectivity index (χ0n) is 10.5. The number of ether oxygens (including phenoxy) is 1. The van der Waals surface area contributed by atoms with Gasteiger partial charge in [-0.3, -0.25) is 4.68 Å². The second kappa shape index (κ2) is 6.58. The van der Waals surface area contributed by atoms with Gasteiger partial charge in [0, 0.05) is 32.3 Å². The Hall–Kier alpha value is -0.790. The molecule has 1 aliphatic heterocycles. The van der Waals surface area contributed by atoms with Crippen LogP contribution in [-0.2, 0) is 24.5 Å². The maximum Gasteiger partial charge on any atom is 0.433 e. The quantitative estimate of drug-likeness (QED) is 0.926. The van der Waals surface area contributed by atoms with E-state index in [1.165, 1.54) is 13.2 Å². The van der Waals surface area contributed by atoms with Gasteiger partial charge in [0.15, 0.2) is 0 Å². The SMILES string of the molecule is Cl.Cn1ncc(CNCC2CCCO2)c1C(F)(F)F. The van der Waals surface area contributed by atoms with Crippen molar-refractivity contribution in [1.29, 1.82) is 0 Å². The van der Waals surface area contributed by atoms with Gasteiger partial charge in [0.1, 0.15) is 5.69 Å². The summed E-state index contributed by atoms with van der Waals surface area (Å²) in [6.45, 7) is 1.47. The summed E-state index contributed by atoms with van der Waals surface area (Å²) in [5.74, 6) is 0. The van der Waals surface area contributed by atoms with Crippen LogP contribution in [-0.4, -0.2) is 29.0 Å². The lowest BCUT2D eigenvalue weighted by Crippen LogP contribution is -2.27. The van der Waals surface area contributed by atoms with E-state index >= 15 is 0 Å². The zero-order chi connectivity index (χ0) is 13.2.